The van der Waals surface area contributed by atoms with Crippen molar-refractivity contribution in [3.63, 3.8) is 0 Å². The van der Waals surface area contributed by atoms with Crippen LogP contribution in [0.3, 0.4) is 0 Å². The molecule has 0 aliphatic carbocycles. The zero-order valence-corrected chi connectivity index (χ0v) is 8.19. The molecule has 0 aliphatic heterocycles. The second-order valence-corrected chi connectivity index (χ2v) is 3.39. The van der Waals surface area contributed by atoms with Crippen molar-refractivity contribution in [1.82, 2.24) is 0 Å². The predicted molar refractivity (Wildman–Crippen MR) is 47.0 cm³/mol. The van der Waals surface area contributed by atoms with E-state index < -0.39 is 0 Å². The molecular weight excluding hydrogens is 192 g/mol. The third-order valence-electron chi connectivity index (χ3n) is 1.56. The smallest absolute Gasteiger partial charge is 0.0938 e. The standard InChI is InChI=1S/C8H16BrO/c1-2-3-4-5-8(10)6-7-9/h8H,2-7H2,1H3. The second kappa shape index (κ2) is 7.55. The lowest BCUT2D eigenvalue weighted by molar-refractivity contribution is 0.0769. The lowest BCUT2D eigenvalue weighted by Crippen LogP contribution is -2.04. The average molecular weight is 208 g/mol. The van der Waals surface area contributed by atoms with Crippen LogP contribution in [0.1, 0.15) is 39.0 Å². The molecule has 61 valence electrons. The van der Waals surface area contributed by atoms with Gasteiger partial charge >= 0.3 is 0 Å². The summed E-state index contributed by atoms with van der Waals surface area (Å²) in [5, 5.41) is 11.8. The molecule has 0 N–H and O–H groups in total. The molecule has 1 atom stereocenters. The van der Waals surface area contributed by atoms with Crippen molar-refractivity contribution in [1.29, 1.82) is 0 Å². The van der Waals surface area contributed by atoms with Gasteiger partial charge in [0.15, 0.2) is 0 Å². The molecule has 0 saturated carbocycles. The number of rotatable bonds is 6. The first-order valence-corrected chi connectivity index (χ1v) is 5.15. The molecule has 0 heterocycles. The van der Waals surface area contributed by atoms with E-state index in [9.17, 15) is 5.11 Å². The van der Waals surface area contributed by atoms with Crippen molar-refractivity contribution in [2.24, 2.45) is 0 Å². The summed E-state index contributed by atoms with van der Waals surface area (Å²) in [7, 11) is 0. The summed E-state index contributed by atoms with van der Waals surface area (Å²) in [6.07, 6.45) is 4.84. The van der Waals surface area contributed by atoms with Crippen LogP contribution in [-0.2, 0) is 5.11 Å². The maximum absolute atomic E-state index is 11.0. The van der Waals surface area contributed by atoms with E-state index in [0.717, 1.165) is 24.6 Å². The molecule has 0 spiro atoms. The molecule has 1 unspecified atom stereocenters. The summed E-state index contributed by atoms with van der Waals surface area (Å²) >= 11 is 3.26. The van der Waals surface area contributed by atoms with E-state index in [4.69, 9.17) is 0 Å². The van der Waals surface area contributed by atoms with Gasteiger partial charge in [0, 0.05) is 5.33 Å². The Morgan fingerprint density at radius 3 is 2.50 bits per heavy atom. The van der Waals surface area contributed by atoms with Gasteiger partial charge in [-0.05, 0) is 12.8 Å². The summed E-state index contributed by atoms with van der Waals surface area (Å²) in [4.78, 5) is 0. The number of hydrogen-bond donors (Lipinski definition) is 0. The van der Waals surface area contributed by atoms with Gasteiger partial charge in [0.1, 0.15) is 0 Å². The lowest BCUT2D eigenvalue weighted by atomic mass is 10.1. The highest BCUT2D eigenvalue weighted by molar-refractivity contribution is 9.09. The first-order chi connectivity index (χ1) is 4.81. The summed E-state index contributed by atoms with van der Waals surface area (Å²) in [6, 6.07) is 0. The SMILES string of the molecule is CCCCCC([O])CCBr. The molecule has 0 amide bonds. The van der Waals surface area contributed by atoms with Gasteiger partial charge in [-0.3, -0.25) is 0 Å². The Balaban J connectivity index is 2.97. The van der Waals surface area contributed by atoms with Crippen LogP contribution >= 0.6 is 15.9 Å². The van der Waals surface area contributed by atoms with Crippen LogP contribution in [0.15, 0.2) is 0 Å². The Kier molecular flexibility index (Phi) is 7.88. The van der Waals surface area contributed by atoms with Crippen molar-refractivity contribution in [2.45, 2.75) is 45.1 Å². The van der Waals surface area contributed by atoms with Crippen LogP contribution in [0, 0.1) is 0 Å². The number of hydrogen-bond acceptors (Lipinski definition) is 0. The topological polar surface area (TPSA) is 19.9 Å². The van der Waals surface area contributed by atoms with Crippen molar-refractivity contribution in [3.05, 3.63) is 0 Å². The van der Waals surface area contributed by atoms with Crippen LogP contribution < -0.4 is 0 Å². The highest BCUT2D eigenvalue weighted by atomic mass is 79.9. The van der Waals surface area contributed by atoms with E-state index in [2.05, 4.69) is 22.9 Å². The molecule has 2 heteroatoms. The Morgan fingerprint density at radius 2 is 2.00 bits per heavy atom. The first-order valence-electron chi connectivity index (χ1n) is 4.03. The van der Waals surface area contributed by atoms with Crippen molar-refractivity contribution >= 4 is 15.9 Å². The van der Waals surface area contributed by atoms with Crippen molar-refractivity contribution < 1.29 is 5.11 Å². The Morgan fingerprint density at radius 1 is 1.30 bits per heavy atom. The summed E-state index contributed by atoms with van der Waals surface area (Å²) in [5.41, 5.74) is 0. The number of halogens is 1. The quantitative estimate of drug-likeness (QED) is 0.472. The number of alkyl halides is 1. The molecule has 0 aromatic rings. The van der Waals surface area contributed by atoms with E-state index in [1.807, 2.05) is 0 Å². The Labute approximate surface area is 72.0 Å². The van der Waals surface area contributed by atoms with Gasteiger partial charge < -0.3 is 0 Å². The highest BCUT2D eigenvalue weighted by Crippen LogP contribution is 2.07. The largest absolute Gasteiger partial charge is 0.233 e. The lowest BCUT2D eigenvalue weighted by Gasteiger charge is -2.03. The fourth-order valence-corrected chi connectivity index (χ4v) is 1.40. The molecule has 1 nitrogen and oxygen atoms in total. The molecule has 0 aromatic carbocycles. The van der Waals surface area contributed by atoms with E-state index in [-0.39, 0.29) is 6.10 Å². The van der Waals surface area contributed by atoms with Gasteiger partial charge in [0.05, 0.1) is 6.10 Å². The zero-order valence-electron chi connectivity index (χ0n) is 6.61. The second-order valence-electron chi connectivity index (χ2n) is 2.60. The van der Waals surface area contributed by atoms with Crippen LogP contribution in [-0.4, -0.2) is 11.4 Å². The van der Waals surface area contributed by atoms with Gasteiger partial charge in [0.2, 0.25) is 0 Å². The van der Waals surface area contributed by atoms with Crippen LogP contribution in [0.4, 0.5) is 0 Å². The first kappa shape index (κ1) is 10.4. The predicted octanol–water partition coefficient (Wildman–Crippen LogP) is 3.15. The molecule has 10 heavy (non-hydrogen) atoms. The van der Waals surface area contributed by atoms with Gasteiger partial charge in [0.25, 0.3) is 0 Å². The molecule has 0 fully saturated rings. The summed E-state index contributed by atoms with van der Waals surface area (Å²) < 4.78 is 0. The fraction of sp³-hybridized carbons (Fsp3) is 1.00. The minimum absolute atomic E-state index is 0.328. The van der Waals surface area contributed by atoms with E-state index in [1.165, 1.54) is 12.8 Å². The van der Waals surface area contributed by atoms with Gasteiger partial charge in [-0.25, -0.2) is 5.11 Å². The average Bonchev–Trinajstić information content (AvgIpc) is 1.89. The normalized spacial score (nSPS) is 13.5. The zero-order chi connectivity index (χ0) is 7.82. The van der Waals surface area contributed by atoms with E-state index in [0.29, 0.717) is 0 Å². The van der Waals surface area contributed by atoms with E-state index >= 15 is 0 Å². The minimum atomic E-state index is -0.328. The van der Waals surface area contributed by atoms with Crippen LogP contribution in [0.2, 0.25) is 0 Å². The van der Waals surface area contributed by atoms with Gasteiger partial charge in [-0.2, -0.15) is 0 Å². The monoisotopic (exact) mass is 207 g/mol. The third-order valence-corrected chi connectivity index (χ3v) is 2.02. The molecule has 0 saturated heterocycles. The van der Waals surface area contributed by atoms with Crippen LogP contribution in [0.25, 0.3) is 0 Å². The van der Waals surface area contributed by atoms with Crippen molar-refractivity contribution in [3.8, 4) is 0 Å². The maximum Gasteiger partial charge on any atom is 0.0938 e. The molecule has 0 bridgehead atoms. The molecule has 0 rings (SSSR count). The summed E-state index contributed by atoms with van der Waals surface area (Å²) in [6.45, 7) is 2.16. The fourth-order valence-electron chi connectivity index (χ4n) is 0.888. The van der Waals surface area contributed by atoms with E-state index in [1.54, 1.807) is 0 Å². The van der Waals surface area contributed by atoms with Crippen molar-refractivity contribution in [2.75, 3.05) is 5.33 Å². The molecule has 0 aliphatic rings. The summed E-state index contributed by atoms with van der Waals surface area (Å²) in [5.74, 6) is 0. The van der Waals surface area contributed by atoms with Gasteiger partial charge in [-0.15, -0.1) is 0 Å². The number of unbranched alkanes of at least 4 members (excludes halogenated alkanes) is 2. The third kappa shape index (κ3) is 6.56. The van der Waals surface area contributed by atoms with Crippen LogP contribution in [0.5, 0.6) is 0 Å². The van der Waals surface area contributed by atoms with Gasteiger partial charge in [-0.1, -0.05) is 42.1 Å². The molecule has 0 aromatic heterocycles. The molecular formula is C8H16BrO. The molecule has 1 radical (unpaired) electrons. The maximum atomic E-state index is 11.0. The Hall–Kier alpha value is 0.440. The minimum Gasteiger partial charge on any atom is -0.233 e. The highest BCUT2D eigenvalue weighted by Gasteiger charge is 2.02. The Bertz CT molecular complexity index is 66.3.